The molecule has 3 nitrogen and oxygen atoms in total. The lowest BCUT2D eigenvalue weighted by atomic mass is 10.1. The van der Waals surface area contributed by atoms with Crippen molar-refractivity contribution >= 4 is 23.0 Å². The maximum Gasteiger partial charge on any atom is 0.364 e. The first-order valence-corrected chi connectivity index (χ1v) is 4.24. The van der Waals surface area contributed by atoms with E-state index >= 15 is 0 Å². The molecule has 76 valence electrons. The molecule has 0 aliphatic carbocycles. The zero-order valence-corrected chi connectivity index (χ0v) is 7.61. The zero-order valence-electron chi connectivity index (χ0n) is 7.61. The number of furan rings is 1. The summed E-state index contributed by atoms with van der Waals surface area (Å²) < 4.78 is 17.9. The summed E-state index contributed by atoms with van der Waals surface area (Å²) in [6.07, 6.45) is 2.49. The zero-order chi connectivity index (χ0) is 10.8. The van der Waals surface area contributed by atoms with Crippen LogP contribution in [0, 0.1) is 0 Å². The molecular weight excluding hydrogens is 199 g/mol. The minimum Gasteiger partial charge on any atom is -0.476 e. The van der Waals surface area contributed by atoms with Crippen LogP contribution in [-0.4, -0.2) is 11.1 Å². The monoisotopic (exact) mass is 206 g/mol. The Morgan fingerprint density at radius 3 is 2.93 bits per heavy atom. The van der Waals surface area contributed by atoms with Crippen LogP contribution in [0.1, 0.15) is 5.56 Å². The summed E-state index contributed by atoms with van der Waals surface area (Å²) in [5.74, 6) is -2.75. The number of carboxylic acids is 1. The third kappa shape index (κ3) is 1.88. The number of halogens is 1. The van der Waals surface area contributed by atoms with E-state index in [4.69, 9.17) is 9.52 Å². The minimum atomic E-state index is -1.57. The lowest BCUT2D eigenvalue weighted by molar-refractivity contribution is -0.134. The second-order valence-electron chi connectivity index (χ2n) is 3.02. The number of fused-ring (bicyclic) bond motifs is 1. The van der Waals surface area contributed by atoms with Crippen LogP contribution < -0.4 is 0 Å². The van der Waals surface area contributed by atoms with Gasteiger partial charge in [-0.15, -0.1) is 0 Å². The van der Waals surface area contributed by atoms with Crippen molar-refractivity contribution < 1.29 is 18.7 Å². The SMILES string of the molecule is O=C(O)/C(F)=C/c1ccc2occc2c1. The summed E-state index contributed by atoms with van der Waals surface area (Å²) in [7, 11) is 0. The number of hydrogen-bond donors (Lipinski definition) is 1. The van der Waals surface area contributed by atoms with E-state index in [1.165, 1.54) is 6.26 Å². The van der Waals surface area contributed by atoms with Crippen molar-refractivity contribution in [1.82, 2.24) is 0 Å². The van der Waals surface area contributed by atoms with Gasteiger partial charge in [-0.3, -0.25) is 0 Å². The van der Waals surface area contributed by atoms with Crippen LogP contribution >= 0.6 is 0 Å². The Kier molecular flexibility index (Phi) is 2.25. The third-order valence-electron chi connectivity index (χ3n) is 1.97. The van der Waals surface area contributed by atoms with Gasteiger partial charge in [-0.2, -0.15) is 4.39 Å². The number of aliphatic carboxylic acids is 1. The second-order valence-corrected chi connectivity index (χ2v) is 3.02. The molecule has 0 unspecified atom stereocenters. The van der Waals surface area contributed by atoms with Gasteiger partial charge < -0.3 is 9.52 Å². The van der Waals surface area contributed by atoms with Gasteiger partial charge in [0.1, 0.15) is 5.58 Å². The smallest absolute Gasteiger partial charge is 0.364 e. The van der Waals surface area contributed by atoms with Crippen LogP contribution in [0.2, 0.25) is 0 Å². The molecule has 0 radical (unpaired) electrons. The summed E-state index contributed by atoms with van der Waals surface area (Å²) in [5.41, 5.74) is 1.17. The molecule has 0 fully saturated rings. The van der Waals surface area contributed by atoms with Gasteiger partial charge in [-0.1, -0.05) is 6.07 Å². The molecule has 0 aliphatic rings. The van der Waals surface area contributed by atoms with Crippen LogP contribution in [0.25, 0.3) is 17.0 Å². The molecule has 0 saturated carbocycles. The van der Waals surface area contributed by atoms with Crippen molar-refractivity contribution in [3.8, 4) is 0 Å². The van der Waals surface area contributed by atoms with E-state index in [9.17, 15) is 9.18 Å². The minimum absolute atomic E-state index is 0.490. The van der Waals surface area contributed by atoms with Gasteiger partial charge in [0.2, 0.25) is 5.83 Å². The van der Waals surface area contributed by atoms with Crippen molar-refractivity contribution in [3.05, 3.63) is 41.9 Å². The van der Waals surface area contributed by atoms with Crippen LogP contribution in [0.15, 0.2) is 40.8 Å². The molecule has 2 rings (SSSR count). The molecule has 0 amide bonds. The van der Waals surface area contributed by atoms with Crippen molar-refractivity contribution in [2.45, 2.75) is 0 Å². The Morgan fingerprint density at radius 1 is 1.40 bits per heavy atom. The molecule has 0 saturated heterocycles. The van der Waals surface area contributed by atoms with Gasteiger partial charge in [-0.05, 0) is 29.8 Å². The molecular formula is C11H7FO3. The molecule has 0 aliphatic heterocycles. The first kappa shape index (κ1) is 9.45. The highest BCUT2D eigenvalue weighted by Gasteiger charge is 2.05. The van der Waals surface area contributed by atoms with Crippen molar-refractivity contribution in [1.29, 1.82) is 0 Å². The lowest BCUT2D eigenvalue weighted by Crippen LogP contribution is -1.93. The quantitative estimate of drug-likeness (QED) is 0.768. The summed E-state index contributed by atoms with van der Waals surface area (Å²) in [5, 5.41) is 9.16. The average molecular weight is 206 g/mol. The van der Waals surface area contributed by atoms with Crippen LogP contribution in [-0.2, 0) is 4.79 Å². The summed E-state index contributed by atoms with van der Waals surface area (Å²) in [6, 6.07) is 6.64. The molecule has 0 atom stereocenters. The van der Waals surface area contributed by atoms with E-state index in [2.05, 4.69) is 0 Å². The largest absolute Gasteiger partial charge is 0.476 e. The topological polar surface area (TPSA) is 50.4 Å². The molecule has 2 aromatic rings. The first-order chi connectivity index (χ1) is 7.16. The molecule has 1 aromatic heterocycles. The summed E-state index contributed by atoms with van der Waals surface area (Å²) >= 11 is 0. The number of carbonyl (C=O) groups is 1. The van der Waals surface area contributed by atoms with Gasteiger partial charge in [0.25, 0.3) is 0 Å². The van der Waals surface area contributed by atoms with E-state index in [-0.39, 0.29) is 0 Å². The normalized spacial score (nSPS) is 11.9. The predicted octanol–water partition coefficient (Wildman–Crippen LogP) is 2.83. The molecule has 15 heavy (non-hydrogen) atoms. The fraction of sp³-hybridized carbons (Fsp3) is 0. The van der Waals surface area contributed by atoms with Gasteiger partial charge in [0.15, 0.2) is 0 Å². The maximum absolute atomic E-state index is 12.8. The Bertz CT molecular complexity index is 540. The summed E-state index contributed by atoms with van der Waals surface area (Å²) in [4.78, 5) is 10.3. The number of hydrogen-bond acceptors (Lipinski definition) is 2. The van der Waals surface area contributed by atoms with Crippen molar-refractivity contribution in [2.24, 2.45) is 0 Å². The highest BCUT2D eigenvalue weighted by atomic mass is 19.1. The Labute approximate surface area is 84.4 Å². The van der Waals surface area contributed by atoms with Crippen LogP contribution in [0.4, 0.5) is 4.39 Å². The predicted molar refractivity (Wildman–Crippen MR) is 52.9 cm³/mol. The maximum atomic E-state index is 12.8. The number of benzene rings is 1. The molecule has 4 heteroatoms. The van der Waals surface area contributed by atoms with Gasteiger partial charge in [0, 0.05) is 5.39 Å². The second kappa shape index (κ2) is 3.57. The fourth-order valence-electron chi connectivity index (χ4n) is 1.28. The Morgan fingerprint density at radius 2 is 2.20 bits per heavy atom. The van der Waals surface area contributed by atoms with Gasteiger partial charge in [-0.25, -0.2) is 4.79 Å². The van der Waals surface area contributed by atoms with Crippen LogP contribution in [0.3, 0.4) is 0 Å². The fourth-order valence-corrected chi connectivity index (χ4v) is 1.28. The Balaban J connectivity index is 2.44. The number of rotatable bonds is 2. The Hall–Kier alpha value is -2.10. The molecule has 1 aromatic carbocycles. The number of carboxylic acid groups (broad SMARTS) is 1. The molecule has 1 N–H and O–H groups in total. The van der Waals surface area contributed by atoms with Crippen LogP contribution in [0.5, 0.6) is 0 Å². The van der Waals surface area contributed by atoms with Crippen molar-refractivity contribution in [2.75, 3.05) is 0 Å². The molecule has 0 spiro atoms. The highest BCUT2D eigenvalue weighted by molar-refractivity contribution is 5.90. The average Bonchev–Trinajstić information content (AvgIpc) is 2.64. The van der Waals surface area contributed by atoms with Crippen molar-refractivity contribution in [3.63, 3.8) is 0 Å². The van der Waals surface area contributed by atoms with E-state index in [0.29, 0.717) is 11.1 Å². The van der Waals surface area contributed by atoms with Gasteiger partial charge >= 0.3 is 5.97 Å². The van der Waals surface area contributed by atoms with E-state index in [1.807, 2.05) is 0 Å². The highest BCUT2D eigenvalue weighted by Crippen LogP contribution is 2.18. The van der Waals surface area contributed by atoms with E-state index < -0.39 is 11.8 Å². The van der Waals surface area contributed by atoms with E-state index in [1.54, 1.807) is 24.3 Å². The third-order valence-corrected chi connectivity index (χ3v) is 1.97. The van der Waals surface area contributed by atoms with E-state index in [0.717, 1.165) is 11.5 Å². The van der Waals surface area contributed by atoms with Gasteiger partial charge in [0.05, 0.1) is 6.26 Å². The lowest BCUT2D eigenvalue weighted by Gasteiger charge is -1.93. The molecule has 1 heterocycles. The molecule has 0 bridgehead atoms. The standard InChI is InChI=1S/C11H7FO3/c12-9(11(13)14)6-7-1-2-10-8(5-7)3-4-15-10/h1-6H,(H,13,14)/b9-6-. The summed E-state index contributed by atoms with van der Waals surface area (Å²) in [6.45, 7) is 0. The first-order valence-electron chi connectivity index (χ1n) is 4.24.